The zero-order valence-corrected chi connectivity index (χ0v) is 14.8. The molecule has 1 heterocycles. The molecule has 4 rings (SSSR count). The summed E-state index contributed by atoms with van der Waals surface area (Å²) in [5.74, 6) is -0.0259. The van der Waals surface area contributed by atoms with E-state index in [1.165, 1.54) is 10.5 Å². The standard InChI is InChI=1S/C20H18BrNO2/c21-15-7-9-16(10-8-15)22-19(23)17-11-6-14(12-18(17)20(22)24)13-4-2-1-3-5-13/h1-5,7-10,14,17-18H,6,11-12H2/t14-,17-,18+/m0/s1. The molecular weight excluding hydrogens is 366 g/mol. The Bertz CT molecular complexity index is 772. The highest BCUT2D eigenvalue weighted by Crippen LogP contribution is 2.45. The number of hydrogen-bond acceptors (Lipinski definition) is 2. The fourth-order valence-electron chi connectivity index (χ4n) is 4.05. The second kappa shape index (κ2) is 6.17. The minimum atomic E-state index is -0.180. The number of carbonyl (C=O) groups is 2. The molecule has 0 aromatic heterocycles. The normalized spacial score (nSPS) is 26.5. The number of anilines is 1. The van der Waals surface area contributed by atoms with E-state index < -0.39 is 0 Å². The van der Waals surface area contributed by atoms with Gasteiger partial charge in [-0.1, -0.05) is 46.3 Å². The molecule has 0 spiro atoms. The summed E-state index contributed by atoms with van der Waals surface area (Å²) in [5, 5.41) is 0. The molecule has 2 aromatic carbocycles. The third kappa shape index (κ3) is 2.59. The molecule has 3 atom stereocenters. The van der Waals surface area contributed by atoms with Gasteiger partial charge in [-0.05, 0) is 55.0 Å². The first-order chi connectivity index (χ1) is 11.6. The summed E-state index contributed by atoms with van der Waals surface area (Å²) >= 11 is 3.39. The maximum Gasteiger partial charge on any atom is 0.237 e. The van der Waals surface area contributed by atoms with Crippen molar-refractivity contribution >= 4 is 33.4 Å². The lowest BCUT2D eigenvalue weighted by Crippen LogP contribution is -2.30. The number of amides is 2. The molecule has 0 N–H and O–H groups in total. The van der Waals surface area contributed by atoms with Crippen LogP contribution >= 0.6 is 15.9 Å². The molecule has 2 fully saturated rings. The Morgan fingerprint density at radius 1 is 0.833 bits per heavy atom. The van der Waals surface area contributed by atoms with Crippen LogP contribution in [0.5, 0.6) is 0 Å². The highest BCUT2D eigenvalue weighted by Gasteiger charge is 2.50. The van der Waals surface area contributed by atoms with Gasteiger partial charge in [0.05, 0.1) is 17.5 Å². The van der Waals surface area contributed by atoms with E-state index in [0.29, 0.717) is 11.6 Å². The van der Waals surface area contributed by atoms with Crippen molar-refractivity contribution < 1.29 is 9.59 Å². The number of halogens is 1. The predicted octanol–water partition coefficient (Wildman–Crippen LogP) is 4.52. The van der Waals surface area contributed by atoms with Gasteiger partial charge in [0.15, 0.2) is 0 Å². The minimum absolute atomic E-state index is 0.0289. The van der Waals surface area contributed by atoms with Crippen molar-refractivity contribution in [2.24, 2.45) is 11.8 Å². The first-order valence-electron chi connectivity index (χ1n) is 8.33. The topological polar surface area (TPSA) is 37.4 Å². The molecule has 2 aromatic rings. The van der Waals surface area contributed by atoms with Crippen LogP contribution in [0.1, 0.15) is 30.7 Å². The number of imide groups is 1. The van der Waals surface area contributed by atoms with Gasteiger partial charge < -0.3 is 0 Å². The van der Waals surface area contributed by atoms with Crippen molar-refractivity contribution in [1.29, 1.82) is 0 Å². The molecule has 1 saturated heterocycles. The van der Waals surface area contributed by atoms with Gasteiger partial charge >= 0.3 is 0 Å². The van der Waals surface area contributed by atoms with Gasteiger partial charge in [-0.3, -0.25) is 14.5 Å². The van der Waals surface area contributed by atoms with Crippen molar-refractivity contribution in [3.8, 4) is 0 Å². The Labute approximate surface area is 149 Å². The molecule has 122 valence electrons. The molecular formula is C20H18BrNO2. The smallest absolute Gasteiger partial charge is 0.237 e. The van der Waals surface area contributed by atoms with Gasteiger partial charge in [0, 0.05) is 4.47 Å². The molecule has 3 nitrogen and oxygen atoms in total. The van der Waals surface area contributed by atoms with Gasteiger partial charge in [0.2, 0.25) is 11.8 Å². The van der Waals surface area contributed by atoms with Crippen LogP contribution in [0.15, 0.2) is 59.1 Å². The average molecular weight is 384 g/mol. The molecule has 4 heteroatoms. The molecule has 1 saturated carbocycles. The Balaban J connectivity index is 1.60. The number of nitrogens with zero attached hydrogens (tertiary/aromatic N) is 1. The Morgan fingerprint density at radius 2 is 1.50 bits per heavy atom. The summed E-state index contributed by atoms with van der Waals surface area (Å²) < 4.78 is 0.937. The Morgan fingerprint density at radius 3 is 2.21 bits per heavy atom. The number of fused-ring (bicyclic) bond motifs is 1. The van der Waals surface area contributed by atoms with Crippen LogP contribution in [-0.2, 0) is 9.59 Å². The first-order valence-corrected chi connectivity index (χ1v) is 9.13. The second-order valence-corrected chi connectivity index (χ2v) is 7.54. The minimum Gasteiger partial charge on any atom is -0.274 e. The zero-order valence-electron chi connectivity index (χ0n) is 13.2. The number of benzene rings is 2. The number of rotatable bonds is 2. The highest BCUT2D eigenvalue weighted by atomic mass is 79.9. The van der Waals surface area contributed by atoms with E-state index in [2.05, 4.69) is 28.1 Å². The van der Waals surface area contributed by atoms with Crippen LogP contribution in [0.2, 0.25) is 0 Å². The first kappa shape index (κ1) is 15.6. The maximum absolute atomic E-state index is 12.9. The van der Waals surface area contributed by atoms with Crippen LogP contribution in [0.4, 0.5) is 5.69 Å². The molecule has 24 heavy (non-hydrogen) atoms. The highest BCUT2D eigenvalue weighted by molar-refractivity contribution is 9.10. The monoisotopic (exact) mass is 383 g/mol. The Kier molecular flexibility index (Phi) is 4.01. The Hall–Kier alpha value is -1.94. The van der Waals surface area contributed by atoms with E-state index >= 15 is 0 Å². The summed E-state index contributed by atoms with van der Waals surface area (Å²) in [5.41, 5.74) is 1.96. The molecule has 1 aliphatic carbocycles. The fourth-order valence-corrected chi connectivity index (χ4v) is 4.32. The van der Waals surface area contributed by atoms with Crippen molar-refractivity contribution in [3.05, 3.63) is 64.6 Å². The summed E-state index contributed by atoms with van der Waals surface area (Å²) in [7, 11) is 0. The van der Waals surface area contributed by atoms with Crippen LogP contribution < -0.4 is 4.90 Å². The average Bonchev–Trinajstić information content (AvgIpc) is 2.87. The second-order valence-electron chi connectivity index (χ2n) is 6.62. The lowest BCUT2D eigenvalue weighted by Gasteiger charge is -2.28. The van der Waals surface area contributed by atoms with Crippen LogP contribution in [0.25, 0.3) is 0 Å². The van der Waals surface area contributed by atoms with Crippen LogP contribution in [-0.4, -0.2) is 11.8 Å². The maximum atomic E-state index is 12.9. The number of carbonyl (C=O) groups excluding carboxylic acids is 2. The van der Waals surface area contributed by atoms with Crippen LogP contribution in [0.3, 0.4) is 0 Å². The lowest BCUT2D eigenvalue weighted by molar-refractivity contribution is -0.122. The van der Waals surface area contributed by atoms with Crippen molar-refractivity contribution in [2.45, 2.75) is 25.2 Å². The van der Waals surface area contributed by atoms with E-state index in [1.54, 1.807) is 0 Å². The van der Waals surface area contributed by atoms with Crippen molar-refractivity contribution in [3.63, 3.8) is 0 Å². The largest absolute Gasteiger partial charge is 0.274 e. The van der Waals surface area contributed by atoms with Gasteiger partial charge in [0.25, 0.3) is 0 Å². The SMILES string of the molecule is O=C1[C@H]2CC[C@H](c3ccccc3)C[C@H]2C(=O)N1c1ccc(Br)cc1. The van der Waals surface area contributed by atoms with E-state index in [1.807, 2.05) is 42.5 Å². The molecule has 0 bridgehead atoms. The van der Waals surface area contributed by atoms with Gasteiger partial charge in [-0.15, -0.1) is 0 Å². The quantitative estimate of drug-likeness (QED) is 0.714. The summed E-state index contributed by atoms with van der Waals surface area (Å²) in [6.45, 7) is 0. The van der Waals surface area contributed by atoms with Crippen LogP contribution in [0, 0.1) is 11.8 Å². The van der Waals surface area contributed by atoms with E-state index in [9.17, 15) is 9.59 Å². The van der Waals surface area contributed by atoms with Crippen molar-refractivity contribution in [2.75, 3.05) is 4.90 Å². The zero-order chi connectivity index (χ0) is 16.7. The molecule has 1 aliphatic heterocycles. The van der Waals surface area contributed by atoms with E-state index in [4.69, 9.17) is 0 Å². The van der Waals surface area contributed by atoms with Gasteiger partial charge in [-0.25, -0.2) is 0 Å². The lowest BCUT2D eigenvalue weighted by atomic mass is 9.73. The third-order valence-electron chi connectivity index (χ3n) is 5.28. The predicted molar refractivity (Wildman–Crippen MR) is 96.6 cm³/mol. The number of hydrogen-bond donors (Lipinski definition) is 0. The molecule has 2 aliphatic rings. The van der Waals surface area contributed by atoms with Gasteiger partial charge in [-0.2, -0.15) is 0 Å². The summed E-state index contributed by atoms with van der Waals surface area (Å²) in [4.78, 5) is 27.1. The molecule has 0 unspecified atom stereocenters. The summed E-state index contributed by atoms with van der Waals surface area (Å²) in [6, 6.07) is 17.7. The molecule has 0 radical (unpaired) electrons. The molecule has 2 amide bonds. The fraction of sp³-hybridized carbons (Fsp3) is 0.300. The third-order valence-corrected chi connectivity index (χ3v) is 5.81. The summed E-state index contributed by atoms with van der Waals surface area (Å²) in [6.07, 6.45) is 2.53. The van der Waals surface area contributed by atoms with E-state index in [-0.39, 0.29) is 23.7 Å². The van der Waals surface area contributed by atoms with E-state index in [0.717, 1.165) is 23.7 Å². The van der Waals surface area contributed by atoms with Crippen molar-refractivity contribution in [1.82, 2.24) is 0 Å². The van der Waals surface area contributed by atoms with Gasteiger partial charge in [0.1, 0.15) is 0 Å².